The molecule has 7 heteroatoms. The summed E-state index contributed by atoms with van der Waals surface area (Å²) in [5.41, 5.74) is -0.0507. The number of hydrogen-bond acceptors (Lipinski definition) is 3. The lowest BCUT2D eigenvalue weighted by molar-refractivity contribution is -0.157. The second kappa shape index (κ2) is 6.10. The van der Waals surface area contributed by atoms with E-state index in [1.165, 1.54) is 12.1 Å². The van der Waals surface area contributed by atoms with E-state index in [0.717, 1.165) is 0 Å². The van der Waals surface area contributed by atoms with Crippen LogP contribution >= 0.6 is 11.6 Å². The van der Waals surface area contributed by atoms with Crippen molar-refractivity contribution in [2.24, 2.45) is 0 Å². The molecule has 112 valence electrons. The summed E-state index contributed by atoms with van der Waals surface area (Å²) < 4.78 is 50.1. The van der Waals surface area contributed by atoms with Gasteiger partial charge < -0.3 is 14.8 Å². The molecule has 1 heterocycles. The summed E-state index contributed by atoms with van der Waals surface area (Å²) in [6.45, 7) is 2.65. The Labute approximate surface area is 120 Å². The molecule has 1 unspecified atom stereocenters. The lowest BCUT2D eigenvalue weighted by atomic mass is 10.1. The van der Waals surface area contributed by atoms with Gasteiger partial charge in [-0.05, 0) is 12.6 Å². The van der Waals surface area contributed by atoms with Gasteiger partial charge in [0.25, 0.3) is 0 Å². The molecule has 0 bridgehead atoms. The predicted octanol–water partition coefficient (Wildman–Crippen LogP) is 3.71. The molecule has 0 radical (unpaired) electrons. The molecule has 20 heavy (non-hydrogen) atoms. The largest absolute Gasteiger partial charge is 0.490 e. The number of rotatable bonds is 3. The van der Waals surface area contributed by atoms with Gasteiger partial charge in [0.15, 0.2) is 11.5 Å². The Kier molecular flexibility index (Phi) is 4.65. The molecule has 1 N–H and O–H groups in total. The normalized spacial score (nSPS) is 16.6. The maximum Gasteiger partial charge on any atom is 0.407 e. The van der Waals surface area contributed by atoms with E-state index in [1.807, 2.05) is 0 Å². The molecule has 0 aromatic heterocycles. The molecule has 0 saturated heterocycles. The molecule has 1 aliphatic rings. The zero-order valence-corrected chi connectivity index (χ0v) is 11.6. The fourth-order valence-electron chi connectivity index (χ4n) is 2.03. The highest BCUT2D eigenvalue weighted by Crippen LogP contribution is 2.42. The summed E-state index contributed by atoms with van der Waals surface area (Å²) in [5, 5.41) is 2.41. The highest BCUT2D eigenvalue weighted by molar-refractivity contribution is 6.31. The average Bonchev–Trinajstić information content (AvgIpc) is 2.58. The van der Waals surface area contributed by atoms with E-state index in [2.05, 4.69) is 5.32 Å². The van der Waals surface area contributed by atoms with Crippen molar-refractivity contribution in [2.75, 3.05) is 19.8 Å². The number of ether oxygens (including phenoxy) is 2. The van der Waals surface area contributed by atoms with Crippen LogP contribution in [0.1, 0.15) is 24.9 Å². The van der Waals surface area contributed by atoms with Crippen LogP contribution in [0.2, 0.25) is 5.02 Å². The van der Waals surface area contributed by atoms with Gasteiger partial charge in [0.05, 0.1) is 13.2 Å². The molecule has 1 atom stereocenters. The first-order valence-corrected chi connectivity index (χ1v) is 6.70. The Morgan fingerprint density at radius 3 is 2.40 bits per heavy atom. The molecule has 2 rings (SSSR count). The number of fused-ring (bicyclic) bond motifs is 1. The first-order chi connectivity index (χ1) is 9.43. The van der Waals surface area contributed by atoms with Gasteiger partial charge in [-0.2, -0.15) is 13.2 Å². The molecular formula is C13H15ClF3NO2. The van der Waals surface area contributed by atoms with Crippen LogP contribution < -0.4 is 14.8 Å². The SMILES string of the molecule is CCNC(c1cc2c(cc1Cl)OCCCO2)C(F)(F)F. The molecule has 0 saturated carbocycles. The van der Waals surface area contributed by atoms with Crippen LogP contribution in [0, 0.1) is 0 Å². The Morgan fingerprint density at radius 1 is 1.25 bits per heavy atom. The van der Waals surface area contributed by atoms with Crippen LogP contribution in [0.25, 0.3) is 0 Å². The molecular weight excluding hydrogens is 295 g/mol. The standard InChI is InChI=1S/C13H15ClF3NO2/c1-2-18-12(13(15,16)17)8-6-10-11(7-9(8)14)20-5-3-4-19-10/h6-7,12,18H,2-5H2,1H3. The second-order valence-electron chi connectivity index (χ2n) is 4.40. The minimum atomic E-state index is -4.43. The molecule has 0 amide bonds. The van der Waals surface area contributed by atoms with Crippen molar-refractivity contribution in [3.05, 3.63) is 22.7 Å². The fourth-order valence-corrected chi connectivity index (χ4v) is 2.29. The quantitative estimate of drug-likeness (QED) is 0.923. The smallest absolute Gasteiger partial charge is 0.407 e. The van der Waals surface area contributed by atoms with Crippen molar-refractivity contribution in [2.45, 2.75) is 25.6 Å². The van der Waals surface area contributed by atoms with E-state index in [9.17, 15) is 13.2 Å². The number of hydrogen-bond donors (Lipinski definition) is 1. The molecule has 0 fully saturated rings. The average molecular weight is 310 g/mol. The van der Waals surface area contributed by atoms with Gasteiger partial charge in [0, 0.05) is 23.1 Å². The predicted molar refractivity (Wildman–Crippen MR) is 69.5 cm³/mol. The minimum Gasteiger partial charge on any atom is -0.490 e. The third-order valence-electron chi connectivity index (χ3n) is 2.91. The van der Waals surface area contributed by atoms with Gasteiger partial charge in [-0.25, -0.2) is 0 Å². The molecule has 0 spiro atoms. The van der Waals surface area contributed by atoms with Gasteiger partial charge >= 0.3 is 6.18 Å². The highest BCUT2D eigenvalue weighted by atomic mass is 35.5. The monoisotopic (exact) mass is 309 g/mol. The van der Waals surface area contributed by atoms with Crippen LogP contribution in [0.4, 0.5) is 13.2 Å². The lowest BCUT2D eigenvalue weighted by Crippen LogP contribution is -2.34. The van der Waals surface area contributed by atoms with Crippen LogP contribution in [-0.2, 0) is 0 Å². The van der Waals surface area contributed by atoms with Gasteiger partial charge in [-0.1, -0.05) is 18.5 Å². The number of halogens is 4. The van der Waals surface area contributed by atoms with Crippen molar-refractivity contribution in [3.63, 3.8) is 0 Å². The number of alkyl halides is 3. The summed E-state index contributed by atoms with van der Waals surface area (Å²) >= 11 is 5.98. The lowest BCUT2D eigenvalue weighted by Gasteiger charge is -2.23. The van der Waals surface area contributed by atoms with Crippen LogP contribution in [0.3, 0.4) is 0 Å². The van der Waals surface area contributed by atoms with E-state index >= 15 is 0 Å². The number of nitrogens with one attached hydrogen (secondary N) is 1. The van der Waals surface area contributed by atoms with E-state index in [0.29, 0.717) is 31.1 Å². The highest BCUT2D eigenvalue weighted by Gasteiger charge is 2.41. The Morgan fingerprint density at radius 2 is 1.85 bits per heavy atom. The van der Waals surface area contributed by atoms with Crippen molar-refractivity contribution < 1.29 is 22.6 Å². The van der Waals surface area contributed by atoms with Crippen LogP contribution in [0.15, 0.2) is 12.1 Å². The van der Waals surface area contributed by atoms with E-state index in [-0.39, 0.29) is 17.1 Å². The first kappa shape index (κ1) is 15.3. The Balaban J connectivity index is 2.42. The summed E-state index contributed by atoms with van der Waals surface area (Å²) in [4.78, 5) is 0. The van der Waals surface area contributed by atoms with Crippen LogP contribution in [0.5, 0.6) is 11.5 Å². The second-order valence-corrected chi connectivity index (χ2v) is 4.81. The van der Waals surface area contributed by atoms with Crippen molar-refractivity contribution in [1.82, 2.24) is 5.32 Å². The maximum absolute atomic E-state index is 13.1. The zero-order valence-electron chi connectivity index (χ0n) is 10.9. The Hall–Kier alpha value is -1.14. The molecule has 1 aromatic rings. The fraction of sp³-hybridized carbons (Fsp3) is 0.538. The summed E-state index contributed by atoms with van der Waals surface area (Å²) in [5.74, 6) is 0.683. The summed E-state index contributed by atoms with van der Waals surface area (Å²) in [7, 11) is 0. The minimum absolute atomic E-state index is 0.0116. The van der Waals surface area contributed by atoms with Gasteiger partial charge in [0.2, 0.25) is 0 Å². The first-order valence-electron chi connectivity index (χ1n) is 6.32. The molecule has 1 aromatic carbocycles. The van der Waals surface area contributed by atoms with Crippen molar-refractivity contribution >= 4 is 11.6 Å². The van der Waals surface area contributed by atoms with Gasteiger partial charge in [0.1, 0.15) is 6.04 Å². The van der Waals surface area contributed by atoms with E-state index < -0.39 is 12.2 Å². The van der Waals surface area contributed by atoms with Crippen molar-refractivity contribution in [1.29, 1.82) is 0 Å². The molecule has 3 nitrogen and oxygen atoms in total. The third-order valence-corrected chi connectivity index (χ3v) is 3.24. The summed E-state index contributed by atoms with van der Waals surface area (Å²) in [6.07, 6.45) is -3.75. The maximum atomic E-state index is 13.1. The van der Waals surface area contributed by atoms with Gasteiger partial charge in [-0.15, -0.1) is 0 Å². The van der Waals surface area contributed by atoms with Crippen LogP contribution in [-0.4, -0.2) is 25.9 Å². The van der Waals surface area contributed by atoms with E-state index in [1.54, 1.807) is 6.92 Å². The Bertz CT molecular complexity index is 479. The van der Waals surface area contributed by atoms with E-state index in [4.69, 9.17) is 21.1 Å². The van der Waals surface area contributed by atoms with Gasteiger partial charge in [-0.3, -0.25) is 0 Å². The molecule has 1 aliphatic heterocycles. The van der Waals surface area contributed by atoms with Crippen molar-refractivity contribution in [3.8, 4) is 11.5 Å². The molecule has 0 aliphatic carbocycles. The summed E-state index contributed by atoms with van der Waals surface area (Å²) in [6, 6.07) is 0.870. The topological polar surface area (TPSA) is 30.5 Å². The number of benzene rings is 1. The zero-order chi connectivity index (χ0) is 14.8. The third kappa shape index (κ3) is 3.30.